The molecule has 1 saturated heterocycles. The highest BCUT2D eigenvalue weighted by molar-refractivity contribution is 6.78. The standard InChI is InChI=1S/C26H56N2O4Si2/c1-18(2)33(19(3)4,20(5)6)30-16-26(25(14-27,15-28)13-24(29)32-26)17-31-34(21(7)8,22(9)10)23(11)12/h18-23H,13-17,27-28H2,1-12H3. The van der Waals surface area contributed by atoms with Gasteiger partial charge in [0, 0.05) is 18.5 Å². The molecule has 0 amide bonds. The van der Waals surface area contributed by atoms with Gasteiger partial charge in [0.05, 0.1) is 19.6 Å². The molecule has 34 heavy (non-hydrogen) atoms. The zero-order valence-electron chi connectivity index (χ0n) is 24.3. The average molecular weight is 517 g/mol. The van der Waals surface area contributed by atoms with E-state index in [2.05, 4.69) is 83.1 Å². The van der Waals surface area contributed by atoms with Gasteiger partial charge in [-0.1, -0.05) is 83.1 Å². The number of hydrogen-bond acceptors (Lipinski definition) is 6. The van der Waals surface area contributed by atoms with Gasteiger partial charge >= 0.3 is 5.97 Å². The first-order valence-electron chi connectivity index (χ1n) is 13.4. The highest BCUT2D eigenvalue weighted by atomic mass is 28.4. The van der Waals surface area contributed by atoms with Crippen molar-refractivity contribution in [3.05, 3.63) is 0 Å². The van der Waals surface area contributed by atoms with Crippen LogP contribution in [-0.4, -0.2) is 54.5 Å². The maximum Gasteiger partial charge on any atom is 0.307 e. The van der Waals surface area contributed by atoms with Crippen LogP contribution in [0.25, 0.3) is 0 Å². The third-order valence-electron chi connectivity index (χ3n) is 9.06. The van der Waals surface area contributed by atoms with Crippen molar-refractivity contribution in [2.45, 2.75) is 128 Å². The minimum absolute atomic E-state index is 0.214. The third kappa shape index (κ3) is 5.37. The molecule has 0 aromatic carbocycles. The lowest BCUT2D eigenvalue weighted by Crippen LogP contribution is -2.63. The lowest BCUT2D eigenvalue weighted by atomic mass is 9.72. The lowest BCUT2D eigenvalue weighted by molar-refractivity contribution is -0.162. The van der Waals surface area contributed by atoms with Crippen molar-refractivity contribution >= 4 is 22.6 Å². The van der Waals surface area contributed by atoms with E-state index in [0.29, 0.717) is 46.5 Å². The van der Waals surface area contributed by atoms with Crippen LogP contribution in [0.4, 0.5) is 0 Å². The zero-order chi connectivity index (χ0) is 26.7. The molecule has 0 aromatic heterocycles. The second-order valence-electron chi connectivity index (χ2n) is 12.5. The van der Waals surface area contributed by atoms with Crippen LogP contribution in [0.2, 0.25) is 33.2 Å². The smallest absolute Gasteiger partial charge is 0.307 e. The Kier molecular flexibility index (Phi) is 11.1. The lowest BCUT2D eigenvalue weighted by Gasteiger charge is -2.50. The van der Waals surface area contributed by atoms with Crippen LogP contribution in [0.5, 0.6) is 0 Å². The molecule has 1 heterocycles. The van der Waals surface area contributed by atoms with Gasteiger partial charge < -0.3 is 25.1 Å². The highest BCUT2D eigenvalue weighted by Gasteiger charge is 2.62. The van der Waals surface area contributed by atoms with Gasteiger partial charge in [-0.15, -0.1) is 0 Å². The topological polar surface area (TPSA) is 96.8 Å². The van der Waals surface area contributed by atoms with Crippen molar-refractivity contribution < 1.29 is 18.4 Å². The molecule has 0 aromatic rings. The Hall–Kier alpha value is -0.256. The summed E-state index contributed by atoms with van der Waals surface area (Å²) in [4.78, 5) is 12.8. The minimum atomic E-state index is -2.21. The normalized spacial score (nSPS) is 18.9. The van der Waals surface area contributed by atoms with Gasteiger partial charge in [0.2, 0.25) is 16.6 Å². The Morgan fingerprint density at radius 3 is 1.24 bits per heavy atom. The molecular formula is C26H56N2O4Si2. The highest BCUT2D eigenvalue weighted by Crippen LogP contribution is 2.50. The molecule has 0 atom stereocenters. The molecule has 0 unspecified atom stereocenters. The number of ether oxygens (including phenoxy) is 1. The number of esters is 1. The molecule has 0 aliphatic carbocycles. The molecular weight excluding hydrogens is 460 g/mol. The summed E-state index contributed by atoms with van der Waals surface area (Å²) in [7, 11) is -4.42. The van der Waals surface area contributed by atoms with E-state index in [1.165, 1.54) is 0 Å². The Morgan fingerprint density at radius 2 is 1.00 bits per heavy atom. The largest absolute Gasteiger partial charge is 0.453 e. The number of hydrogen-bond donors (Lipinski definition) is 2. The van der Waals surface area contributed by atoms with Crippen LogP contribution in [0, 0.1) is 5.41 Å². The van der Waals surface area contributed by atoms with Gasteiger partial charge in [-0.05, 0) is 33.2 Å². The predicted molar refractivity (Wildman–Crippen MR) is 148 cm³/mol. The number of carbonyl (C=O) groups is 1. The Morgan fingerprint density at radius 1 is 0.706 bits per heavy atom. The molecule has 0 saturated carbocycles. The van der Waals surface area contributed by atoms with E-state index >= 15 is 0 Å². The van der Waals surface area contributed by atoms with Gasteiger partial charge in [0.1, 0.15) is 0 Å². The molecule has 1 rings (SSSR count). The molecule has 1 aliphatic rings. The molecule has 202 valence electrons. The van der Waals surface area contributed by atoms with Crippen molar-refractivity contribution in [3.8, 4) is 0 Å². The summed E-state index contributed by atoms with van der Waals surface area (Å²) in [6.07, 6.45) is 0.214. The van der Waals surface area contributed by atoms with Crippen molar-refractivity contribution in [3.63, 3.8) is 0 Å². The van der Waals surface area contributed by atoms with E-state index in [1.54, 1.807) is 0 Å². The van der Waals surface area contributed by atoms with E-state index < -0.39 is 27.7 Å². The van der Waals surface area contributed by atoms with E-state index in [0.717, 1.165) is 0 Å². The summed E-state index contributed by atoms with van der Waals surface area (Å²) in [5.74, 6) is -0.250. The molecule has 0 bridgehead atoms. The third-order valence-corrected chi connectivity index (χ3v) is 21.2. The van der Waals surface area contributed by atoms with Crippen LogP contribution in [0.15, 0.2) is 0 Å². The second-order valence-corrected chi connectivity index (χ2v) is 23.5. The van der Waals surface area contributed by atoms with E-state index in [1.807, 2.05) is 0 Å². The van der Waals surface area contributed by atoms with Crippen molar-refractivity contribution in [1.29, 1.82) is 0 Å². The molecule has 0 spiro atoms. The Balaban J connectivity index is 3.58. The molecule has 8 heteroatoms. The van der Waals surface area contributed by atoms with Gasteiger partial charge in [-0.2, -0.15) is 0 Å². The van der Waals surface area contributed by atoms with Crippen LogP contribution in [0.1, 0.15) is 89.5 Å². The first-order valence-corrected chi connectivity index (χ1v) is 17.7. The van der Waals surface area contributed by atoms with Crippen molar-refractivity contribution in [2.24, 2.45) is 16.9 Å². The molecule has 1 fully saturated rings. The fourth-order valence-corrected chi connectivity index (χ4v) is 18.3. The summed E-state index contributed by atoms with van der Waals surface area (Å²) >= 11 is 0. The Bertz CT molecular complexity index is 582. The van der Waals surface area contributed by atoms with Crippen LogP contribution < -0.4 is 11.5 Å². The van der Waals surface area contributed by atoms with Crippen LogP contribution in [-0.2, 0) is 18.4 Å². The van der Waals surface area contributed by atoms with Gasteiger partial charge in [0.15, 0.2) is 5.60 Å². The quantitative estimate of drug-likeness (QED) is 0.218. The fraction of sp³-hybridized carbons (Fsp3) is 0.962. The van der Waals surface area contributed by atoms with Crippen LogP contribution in [0.3, 0.4) is 0 Å². The number of cyclic esters (lactones) is 1. The molecule has 4 N–H and O–H groups in total. The number of nitrogens with two attached hydrogens (primary N) is 2. The average Bonchev–Trinajstić information content (AvgIpc) is 2.99. The second kappa shape index (κ2) is 11.9. The summed E-state index contributed by atoms with van der Waals surface area (Å²) in [6, 6.07) is 0. The summed E-state index contributed by atoms with van der Waals surface area (Å²) < 4.78 is 20.3. The summed E-state index contributed by atoms with van der Waals surface area (Å²) in [6.45, 7) is 28.3. The maximum absolute atomic E-state index is 12.8. The molecule has 1 aliphatic heterocycles. The first-order chi connectivity index (χ1) is 15.5. The number of carbonyl (C=O) groups excluding carboxylic acids is 1. The van der Waals surface area contributed by atoms with E-state index in [9.17, 15) is 4.79 Å². The van der Waals surface area contributed by atoms with Gasteiger partial charge in [-0.25, -0.2) is 0 Å². The van der Waals surface area contributed by atoms with Crippen molar-refractivity contribution in [1.82, 2.24) is 0 Å². The fourth-order valence-electron chi connectivity index (χ4n) is 7.29. The van der Waals surface area contributed by atoms with Gasteiger partial charge in [-0.3, -0.25) is 4.79 Å². The van der Waals surface area contributed by atoms with E-state index in [4.69, 9.17) is 25.1 Å². The monoisotopic (exact) mass is 516 g/mol. The minimum Gasteiger partial charge on any atom is -0.453 e. The van der Waals surface area contributed by atoms with E-state index in [-0.39, 0.29) is 25.5 Å². The number of rotatable bonds is 14. The Labute approximate surface area is 212 Å². The summed E-state index contributed by atoms with van der Waals surface area (Å²) in [5.41, 5.74) is 13.6. The van der Waals surface area contributed by atoms with Gasteiger partial charge in [0.25, 0.3) is 0 Å². The SMILES string of the molecule is CC(C)[Si](OCC1(CO[Si](C(C)C)(C(C)C)C(C)C)OC(=O)CC1(CN)CN)(C(C)C)C(C)C. The zero-order valence-corrected chi connectivity index (χ0v) is 26.3. The van der Waals surface area contributed by atoms with Crippen molar-refractivity contribution in [2.75, 3.05) is 26.3 Å². The molecule has 0 radical (unpaired) electrons. The first kappa shape index (κ1) is 31.8. The summed E-state index contributed by atoms with van der Waals surface area (Å²) in [5, 5.41) is 0. The maximum atomic E-state index is 12.8. The predicted octanol–water partition coefficient (Wildman–Crippen LogP) is 5.96. The molecule has 6 nitrogen and oxygen atoms in total. The van der Waals surface area contributed by atoms with Crippen LogP contribution >= 0.6 is 0 Å².